The fourth-order valence-electron chi connectivity index (χ4n) is 1.57. The number of esters is 1. The maximum absolute atomic E-state index is 11.4. The van der Waals surface area contributed by atoms with E-state index in [1.165, 1.54) is 23.3 Å². The monoisotopic (exact) mass is 265 g/mol. The molecule has 2 heterocycles. The maximum Gasteiger partial charge on any atom is 0.360 e. The van der Waals surface area contributed by atoms with Crippen molar-refractivity contribution < 1.29 is 9.53 Å². The zero-order valence-corrected chi connectivity index (χ0v) is 10.5. The third-order valence-corrected chi connectivity index (χ3v) is 3.41. The summed E-state index contributed by atoms with van der Waals surface area (Å²) in [5, 5.41) is 4.68. The highest BCUT2D eigenvalue weighted by atomic mass is 32.1. The van der Waals surface area contributed by atoms with E-state index in [0.717, 1.165) is 18.7 Å². The van der Waals surface area contributed by atoms with Crippen LogP contribution in [-0.2, 0) is 4.74 Å². The zero-order valence-electron chi connectivity index (χ0n) is 9.66. The van der Waals surface area contributed by atoms with Gasteiger partial charge in [0.2, 0.25) is 5.13 Å². The minimum atomic E-state index is -0.557. The summed E-state index contributed by atoms with van der Waals surface area (Å²) in [6, 6.07) is 0. The van der Waals surface area contributed by atoms with Gasteiger partial charge in [-0.05, 0) is 12.8 Å². The Balaban J connectivity index is 1.93. The predicted octanol–water partition coefficient (Wildman–Crippen LogP) is 0.970. The number of anilines is 1. The van der Waals surface area contributed by atoms with Crippen LogP contribution in [0, 0.1) is 0 Å². The molecule has 1 aliphatic rings. The van der Waals surface area contributed by atoms with Crippen LogP contribution in [0.5, 0.6) is 0 Å². The highest BCUT2D eigenvalue weighted by Gasteiger charge is 2.28. The standard InChI is InChI=1S/C10H11N5O2S/c1-17-9(16)7-6(11)4-15(13-7)10-12-8(14-18-10)5-2-3-5/h4-5H,2-3,11H2,1H3. The lowest BCUT2D eigenvalue weighted by molar-refractivity contribution is 0.0594. The molecule has 1 aliphatic carbocycles. The molecular formula is C10H11N5O2S. The van der Waals surface area contributed by atoms with E-state index < -0.39 is 5.97 Å². The van der Waals surface area contributed by atoms with Gasteiger partial charge >= 0.3 is 5.97 Å². The van der Waals surface area contributed by atoms with Gasteiger partial charge in [0, 0.05) is 17.5 Å². The number of hydrogen-bond donors (Lipinski definition) is 1. The van der Waals surface area contributed by atoms with Crippen LogP contribution in [0.3, 0.4) is 0 Å². The molecule has 1 fully saturated rings. The van der Waals surface area contributed by atoms with E-state index in [1.54, 1.807) is 6.20 Å². The molecule has 0 radical (unpaired) electrons. The highest BCUT2D eigenvalue weighted by molar-refractivity contribution is 7.08. The zero-order chi connectivity index (χ0) is 12.7. The molecule has 8 heteroatoms. The van der Waals surface area contributed by atoms with E-state index in [9.17, 15) is 4.79 Å². The quantitative estimate of drug-likeness (QED) is 0.831. The third-order valence-electron chi connectivity index (χ3n) is 2.69. The summed E-state index contributed by atoms with van der Waals surface area (Å²) in [5.41, 5.74) is 6.07. The Morgan fingerprint density at radius 2 is 2.39 bits per heavy atom. The second-order valence-electron chi connectivity index (χ2n) is 4.08. The van der Waals surface area contributed by atoms with Crippen LogP contribution < -0.4 is 5.73 Å². The van der Waals surface area contributed by atoms with E-state index in [4.69, 9.17) is 5.73 Å². The number of nitrogens with zero attached hydrogens (tertiary/aromatic N) is 4. The molecule has 0 unspecified atom stereocenters. The molecule has 0 amide bonds. The number of ether oxygens (including phenoxy) is 1. The van der Waals surface area contributed by atoms with E-state index in [1.807, 2.05) is 0 Å². The van der Waals surface area contributed by atoms with Gasteiger partial charge in [-0.1, -0.05) is 0 Å². The van der Waals surface area contributed by atoms with Crippen LogP contribution >= 0.6 is 11.5 Å². The van der Waals surface area contributed by atoms with Gasteiger partial charge < -0.3 is 10.5 Å². The van der Waals surface area contributed by atoms with Crippen molar-refractivity contribution in [3.63, 3.8) is 0 Å². The van der Waals surface area contributed by atoms with E-state index in [0.29, 0.717) is 11.0 Å². The summed E-state index contributed by atoms with van der Waals surface area (Å²) < 4.78 is 10.3. The van der Waals surface area contributed by atoms with Crippen molar-refractivity contribution in [2.75, 3.05) is 12.8 Å². The molecule has 0 aromatic carbocycles. The number of nitrogen functional groups attached to an aromatic ring is 1. The van der Waals surface area contributed by atoms with Gasteiger partial charge in [-0.3, -0.25) is 0 Å². The molecular weight excluding hydrogens is 254 g/mol. The molecule has 0 saturated heterocycles. The van der Waals surface area contributed by atoms with Crippen LogP contribution in [0.25, 0.3) is 5.13 Å². The Hall–Kier alpha value is -1.96. The fraction of sp³-hybridized carbons (Fsp3) is 0.400. The Morgan fingerprint density at radius 1 is 1.61 bits per heavy atom. The van der Waals surface area contributed by atoms with Gasteiger partial charge in [-0.2, -0.15) is 9.47 Å². The van der Waals surface area contributed by atoms with Gasteiger partial charge in [0.05, 0.1) is 19.0 Å². The summed E-state index contributed by atoms with van der Waals surface area (Å²) in [6.07, 6.45) is 3.83. The molecule has 3 rings (SSSR count). The van der Waals surface area contributed by atoms with E-state index in [2.05, 4.69) is 19.2 Å². The smallest absolute Gasteiger partial charge is 0.360 e. The van der Waals surface area contributed by atoms with Crippen LogP contribution in [-0.4, -0.2) is 32.2 Å². The topological polar surface area (TPSA) is 95.9 Å². The van der Waals surface area contributed by atoms with Gasteiger partial charge in [-0.15, -0.1) is 0 Å². The molecule has 2 aromatic heterocycles. The first kappa shape index (κ1) is 11.1. The van der Waals surface area contributed by atoms with Gasteiger partial charge in [0.25, 0.3) is 0 Å². The SMILES string of the molecule is COC(=O)c1nn(-c2nc(C3CC3)ns2)cc1N. The molecule has 18 heavy (non-hydrogen) atoms. The minimum absolute atomic E-state index is 0.0978. The summed E-state index contributed by atoms with van der Waals surface area (Å²) in [4.78, 5) is 15.8. The first-order chi connectivity index (χ1) is 8.69. The Kier molecular flexibility index (Phi) is 2.51. The van der Waals surface area contributed by atoms with Crippen molar-refractivity contribution in [1.29, 1.82) is 0 Å². The summed E-state index contributed by atoms with van der Waals surface area (Å²) in [5.74, 6) is 0.782. The Labute approximate surface area is 107 Å². The first-order valence-corrected chi connectivity index (χ1v) is 6.24. The summed E-state index contributed by atoms with van der Waals surface area (Å²) in [6.45, 7) is 0. The van der Waals surface area contributed by atoms with Gasteiger partial charge in [0.15, 0.2) is 5.69 Å². The Bertz CT molecular complexity index is 601. The van der Waals surface area contributed by atoms with Gasteiger partial charge in [-0.25, -0.2) is 14.5 Å². The largest absolute Gasteiger partial charge is 0.464 e. The lowest BCUT2D eigenvalue weighted by atomic mass is 10.4. The number of carbonyl (C=O) groups excluding carboxylic acids is 1. The molecule has 1 saturated carbocycles. The van der Waals surface area contributed by atoms with Crippen LogP contribution in [0.15, 0.2) is 6.20 Å². The van der Waals surface area contributed by atoms with Crippen molar-refractivity contribution in [3.05, 3.63) is 17.7 Å². The maximum atomic E-state index is 11.4. The molecule has 0 aliphatic heterocycles. The molecule has 94 valence electrons. The summed E-state index contributed by atoms with van der Waals surface area (Å²) >= 11 is 1.24. The number of methoxy groups -OCH3 is 1. The van der Waals surface area contributed by atoms with Gasteiger partial charge in [0.1, 0.15) is 5.82 Å². The number of aromatic nitrogens is 4. The minimum Gasteiger partial charge on any atom is -0.464 e. The van der Waals surface area contributed by atoms with Crippen LogP contribution in [0.1, 0.15) is 35.1 Å². The van der Waals surface area contributed by atoms with Crippen LogP contribution in [0.2, 0.25) is 0 Å². The second-order valence-corrected chi connectivity index (χ2v) is 4.81. The van der Waals surface area contributed by atoms with Crippen molar-refractivity contribution >= 4 is 23.2 Å². The lowest BCUT2D eigenvalue weighted by Gasteiger charge is -1.94. The summed E-state index contributed by atoms with van der Waals surface area (Å²) in [7, 11) is 1.29. The average molecular weight is 265 g/mol. The lowest BCUT2D eigenvalue weighted by Crippen LogP contribution is -2.06. The molecule has 2 N–H and O–H groups in total. The van der Waals surface area contributed by atoms with E-state index in [-0.39, 0.29) is 11.4 Å². The number of nitrogens with two attached hydrogens (primary N) is 1. The highest BCUT2D eigenvalue weighted by Crippen LogP contribution is 2.39. The first-order valence-electron chi connectivity index (χ1n) is 5.46. The number of hydrogen-bond acceptors (Lipinski definition) is 7. The molecule has 7 nitrogen and oxygen atoms in total. The molecule has 0 spiro atoms. The van der Waals surface area contributed by atoms with Crippen molar-refractivity contribution in [1.82, 2.24) is 19.1 Å². The molecule has 2 aromatic rings. The van der Waals surface area contributed by atoms with Crippen molar-refractivity contribution in [2.24, 2.45) is 0 Å². The average Bonchev–Trinajstić information content (AvgIpc) is 2.97. The van der Waals surface area contributed by atoms with Crippen molar-refractivity contribution in [3.8, 4) is 5.13 Å². The Morgan fingerprint density at radius 3 is 3.06 bits per heavy atom. The molecule has 0 bridgehead atoms. The van der Waals surface area contributed by atoms with Crippen molar-refractivity contribution in [2.45, 2.75) is 18.8 Å². The fourth-order valence-corrected chi connectivity index (χ4v) is 2.24. The molecule has 0 atom stereocenters. The van der Waals surface area contributed by atoms with Crippen LogP contribution in [0.4, 0.5) is 5.69 Å². The second kappa shape index (κ2) is 4.05. The predicted molar refractivity (Wildman–Crippen MR) is 64.8 cm³/mol. The number of rotatable bonds is 3. The van der Waals surface area contributed by atoms with E-state index >= 15 is 0 Å². The third kappa shape index (κ3) is 1.84. The number of carbonyl (C=O) groups is 1. The normalized spacial score (nSPS) is 14.7.